The number of benzene rings is 1. The molecule has 1 aromatic carbocycles. The van der Waals surface area contributed by atoms with Crippen LogP contribution in [-0.2, 0) is 9.05 Å². The topological polar surface area (TPSA) is 54.5 Å². The summed E-state index contributed by atoms with van der Waals surface area (Å²) in [5.74, 6) is -0.389. The Labute approximate surface area is 128 Å². The number of likely N-dealkylation sites (tertiary alicyclic amines) is 1. The molecular formula is C13H15Cl2NO3S. The van der Waals surface area contributed by atoms with Gasteiger partial charge >= 0.3 is 0 Å². The van der Waals surface area contributed by atoms with Crippen LogP contribution in [0.3, 0.4) is 0 Å². The minimum atomic E-state index is -4.02. The van der Waals surface area contributed by atoms with E-state index in [1.807, 2.05) is 0 Å². The van der Waals surface area contributed by atoms with Crippen LogP contribution in [0.1, 0.15) is 30.6 Å². The highest BCUT2D eigenvalue weighted by Gasteiger charge is 2.35. The third-order valence-corrected chi connectivity index (χ3v) is 5.10. The molecule has 0 spiro atoms. The van der Waals surface area contributed by atoms with E-state index in [1.54, 1.807) is 4.90 Å². The minimum absolute atomic E-state index is 0.0247. The smallest absolute Gasteiger partial charge is 0.262 e. The van der Waals surface area contributed by atoms with Crippen LogP contribution in [0, 0.1) is 5.41 Å². The van der Waals surface area contributed by atoms with E-state index in [4.69, 9.17) is 22.3 Å². The molecular weight excluding hydrogens is 321 g/mol. The van der Waals surface area contributed by atoms with Gasteiger partial charge in [-0.25, -0.2) is 8.42 Å². The minimum Gasteiger partial charge on any atom is -0.338 e. The fourth-order valence-electron chi connectivity index (χ4n) is 2.36. The monoisotopic (exact) mass is 335 g/mol. The summed E-state index contributed by atoms with van der Waals surface area (Å²) in [5.41, 5.74) is -0.0152. The van der Waals surface area contributed by atoms with E-state index >= 15 is 0 Å². The van der Waals surface area contributed by atoms with Gasteiger partial charge in [-0.05, 0) is 24.0 Å². The molecule has 4 nitrogen and oxygen atoms in total. The van der Waals surface area contributed by atoms with Gasteiger partial charge in [0.2, 0.25) is 0 Å². The van der Waals surface area contributed by atoms with Crippen molar-refractivity contribution in [1.29, 1.82) is 0 Å². The van der Waals surface area contributed by atoms with E-state index in [1.165, 1.54) is 18.2 Å². The second kappa shape index (κ2) is 5.20. The summed E-state index contributed by atoms with van der Waals surface area (Å²) in [6, 6.07) is 4.24. The maximum atomic E-state index is 12.5. The first-order chi connectivity index (χ1) is 9.12. The molecule has 1 aliphatic heterocycles. The Morgan fingerprint density at radius 2 is 2.00 bits per heavy atom. The van der Waals surface area contributed by atoms with Gasteiger partial charge in [0.15, 0.2) is 0 Å². The largest absolute Gasteiger partial charge is 0.338 e. The number of hydrogen-bond donors (Lipinski definition) is 0. The highest BCUT2D eigenvalue weighted by Crippen LogP contribution is 2.33. The van der Waals surface area contributed by atoms with E-state index in [0.29, 0.717) is 13.1 Å². The van der Waals surface area contributed by atoms with Gasteiger partial charge in [0, 0.05) is 23.8 Å². The number of carbonyl (C=O) groups is 1. The summed E-state index contributed by atoms with van der Waals surface area (Å²) in [6.45, 7) is 5.27. The lowest BCUT2D eigenvalue weighted by Crippen LogP contribution is -2.31. The Kier molecular flexibility index (Phi) is 4.06. The van der Waals surface area contributed by atoms with Crippen molar-refractivity contribution in [3.05, 3.63) is 28.8 Å². The van der Waals surface area contributed by atoms with Crippen LogP contribution in [0.4, 0.5) is 0 Å². The molecule has 1 amide bonds. The SMILES string of the molecule is CC1(C)CCN(C(=O)c2c(Cl)cccc2S(=O)(=O)Cl)C1. The predicted molar refractivity (Wildman–Crippen MR) is 78.8 cm³/mol. The zero-order chi connectivity index (χ0) is 15.1. The fraction of sp³-hybridized carbons (Fsp3) is 0.462. The average Bonchev–Trinajstić information content (AvgIpc) is 2.67. The quantitative estimate of drug-likeness (QED) is 0.780. The van der Waals surface area contributed by atoms with Gasteiger partial charge in [0.25, 0.3) is 15.0 Å². The van der Waals surface area contributed by atoms with E-state index in [2.05, 4.69) is 13.8 Å². The summed E-state index contributed by atoms with van der Waals surface area (Å²) in [4.78, 5) is 13.9. The molecule has 7 heteroatoms. The van der Waals surface area contributed by atoms with Crippen molar-refractivity contribution in [1.82, 2.24) is 4.90 Å². The van der Waals surface area contributed by atoms with Gasteiger partial charge in [-0.3, -0.25) is 4.79 Å². The molecule has 1 saturated heterocycles. The Morgan fingerprint density at radius 1 is 1.35 bits per heavy atom. The Hall–Kier alpha value is -0.780. The zero-order valence-corrected chi connectivity index (χ0v) is 13.5. The van der Waals surface area contributed by atoms with Crippen LogP contribution in [0.5, 0.6) is 0 Å². The third kappa shape index (κ3) is 3.10. The third-order valence-electron chi connectivity index (χ3n) is 3.42. The van der Waals surface area contributed by atoms with E-state index in [9.17, 15) is 13.2 Å². The van der Waals surface area contributed by atoms with Crippen molar-refractivity contribution < 1.29 is 13.2 Å². The molecule has 20 heavy (non-hydrogen) atoms. The molecule has 0 aromatic heterocycles. The molecule has 1 aromatic rings. The summed E-state index contributed by atoms with van der Waals surface area (Å²) in [5, 5.41) is 0.0985. The number of rotatable bonds is 2. The van der Waals surface area contributed by atoms with Crippen LogP contribution in [0.15, 0.2) is 23.1 Å². The van der Waals surface area contributed by atoms with Crippen molar-refractivity contribution in [3.63, 3.8) is 0 Å². The second-order valence-electron chi connectivity index (χ2n) is 5.69. The molecule has 2 rings (SSSR count). The normalized spacial score (nSPS) is 18.3. The maximum Gasteiger partial charge on any atom is 0.262 e. The molecule has 1 heterocycles. The molecule has 0 unspecified atom stereocenters. The predicted octanol–water partition coefficient (Wildman–Crippen LogP) is 3.14. The molecule has 0 N–H and O–H groups in total. The second-order valence-corrected chi connectivity index (χ2v) is 8.63. The lowest BCUT2D eigenvalue weighted by atomic mass is 9.93. The van der Waals surface area contributed by atoms with Gasteiger partial charge in [-0.15, -0.1) is 0 Å². The van der Waals surface area contributed by atoms with Crippen LogP contribution >= 0.6 is 22.3 Å². The zero-order valence-electron chi connectivity index (χ0n) is 11.2. The van der Waals surface area contributed by atoms with E-state index in [-0.39, 0.29) is 26.8 Å². The molecule has 0 bridgehead atoms. The Bertz CT molecular complexity index is 656. The molecule has 0 radical (unpaired) electrons. The molecule has 0 atom stereocenters. The van der Waals surface area contributed by atoms with E-state index in [0.717, 1.165) is 6.42 Å². The summed E-state index contributed by atoms with van der Waals surface area (Å²) in [6.07, 6.45) is 0.867. The van der Waals surface area contributed by atoms with Crippen LogP contribution < -0.4 is 0 Å². The highest BCUT2D eigenvalue weighted by molar-refractivity contribution is 8.13. The highest BCUT2D eigenvalue weighted by atomic mass is 35.7. The number of hydrogen-bond acceptors (Lipinski definition) is 3. The van der Waals surface area contributed by atoms with E-state index < -0.39 is 9.05 Å². The summed E-state index contributed by atoms with van der Waals surface area (Å²) in [7, 11) is 1.37. The fourth-order valence-corrected chi connectivity index (χ4v) is 3.74. The molecule has 1 aliphatic rings. The van der Waals surface area contributed by atoms with Crippen molar-refractivity contribution in [2.45, 2.75) is 25.2 Å². The first kappa shape index (κ1) is 15.6. The summed E-state index contributed by atoms with van der Waals surface area (Å²) < 4.78 is 23.2. The maximum absolute atomic E-state index is 12.5. The average molecular weight is 336 g/mol. The molecule has 1 fully saturated rings. The van der Waals surface area contributed by atoms with Gasteiger partial charge in [-0.2, -0.15) is 0 Å². The first-order valence-corrected chi connectivity index (χ1v) is 8.83. The number of halogens is 2. The van der Waals surface area contributed by atoms with Crippen molar-refractivity contribution in [3.8, 4) is 0 Å². The number of carbonyl (C=O) groups excluding carboxylic acids is 1. The lowest BCUT2D eigenvalue weighted by Gasteiger charge is -2.21. The van der Waals surface area contributed by atoms with Gasteiger partial charge in [0.1, 0.15) is 0 Å². The van der Waals surface area contributed by atoms with Crippen molar-refractivity contribution in [2.75, 3.05) is 13.1 Å². The van der Waals surface area contributed by atoms with Crippen molar-refractivity contribution >= 4 is 37.2 Å². The Morgan fingerprint density at radius 3 is 2.50 bits per heavy atom. The van der Waals surface area contributed by atoms with Gasteiger partial charge < -0.3 is 4.90 Å². The van der Waals surface area contributed by atoms with Crippen LogP contribution in [-0.4, -0.2) is 32.3 Å². The van der Waals surface area contributed by atoms with Gasteiger partial charge in [-0.1, -0.05) is 31.5 Å². The molecule has 0 aliphatic carbocycles. The van der Waals surface area contributed by atoms with Crippen LogP contribution in [0.25, 0.3) is 0 Å². The number of amides is 1. The molecule has 110 valence electrons. The Balaban J connectivity index is 2.46. The summed E-state index contributed by atoms with van der Waals surface area (Å²) >= 11 is 6.01. The molecule has 0 saturated carbocycles. The van der Waals surface area contributed by atoms with Crippen molar-refractivity contribution in [2.24, 2.45) is 5.41 Å². The van der Waals surface area contributed by atoms with Crippen LogP contribution in [0.2, 0.25) is 5.02 Å². The standard InChI is InChI=1S/C13H15Cl2NO3S/c1-13(2)6-7-16(8-13)12(17)11-9(14)4-3-5-10(11)20(15,18)19/h3-5H,6-8H2,1-2H3. The van der Waals surface area contributed by atoms with Gasteiger partial charge in [0.05, 0.1) is 15.5 Å². The lowest BCUT2D eigenvalue weighted by molar-refractivity contribution is 0.0774. The number of nitrogens with zero attached hydrogens (tertiary/aromatic N) is 1. The first-order valence-electron chi connectivity index (χ1n) is 6.14.